The van der Waals surface area contributed by atoms with Crippen molar-refractivity contribution in [2.75, 3.05) is 5.32 Å². The number of hydrogen-bond acceptors (Lipinski definition) is 2. The van der Waals surface area contributed by atoms with Crippen molar-refractivity contribution < 1.29 is 9.59 Å². The second kappa shape index (κ2) is 8.32. The molecule has 0 bridgehead atoms. The van der Waals surface area contributed by atoms with Crippen LogP contribution in [0.25, 0.3) is 0 Å². The van der Waals surface area contributed by atoms with Crippen LogP contribution in [-0.4, -0.2) is 12.3 Å². The van der Waals surface area contributed by atoms with Crippen LogP contribution in [0, 0.1) is 11.8 Å². The number of benzene rings is 2. The summed E-state index contributed by atoms with van der Waals surface area (Å²) in [6.45, 7) is 4.24. The van der Waals surface area contributed by atoms with Crippen molar-refractivity contribution >= 4 is 41.2 Å². The second-order valence-electron chi connectivity index (χ2n) is 7.23. The smallest absolute Gasteiger partial charge is 0.220 e. The highest BCUT2D eigenvalue weighted by atomic mass is 35.5. The van der Waals surface area contributed by atoms with Crippen LogP contribution in [-0.2, 0) is 9.59 Å². The van der Waals surface area contributed by atoms with Gasteiger partial charge >= 0.3 is 0 Å². The molecule has 1 saturated heterocycles. The summed E-state index contributed by atoms with van der Waals surface area (Å²) in [7, 11) is 0. The van der Waals surface area contributed by atoms with Gasteiger partial charge in [0.05, 0.1) is 6.04 Å². The number of amides is 2. The second-order valence-corrected chi connectivity index (χ2v) is 8.10. The highest BCUT2D eigenvalue weighted by Crippen LogP contribution is 2.47. The van der Waals surface area contributed by atoms with Crippen molar-refractivity contribution in [1.82, 2.24) is 5.32 Å². The summed E-state index contributed by atoms with van der Waals surface area (Å²) in [5.41, 5.74) is 2.56. The Morgan fingerprint density at radius 3 is 2.56 bits per heavy atom. The zero-order valence-electron chi connectivity index (χ0n) is 15.2. The summed E-state index contributed by atoms with van der Waals surface area (Å²) in [5.74, 6) is 0.383. The molecule has 1 fully saturated rings. The molecule has 0 spiro atoms. The first-order chi connectivity index (χ1) is 12.9. The van der Waals surface area contributed by atoms with E-state index in [4.69, 9.17) is 23.2 Å². The third kappa shape index (κ3) is 4.28. The van der Waals surface area contributed by atoms with Crippen LogP contribution in [0.1, 0.15) is 43.4 Å². The number of nitrogens with one attached hydrogen (secondary N) is 2. The lowest BCUT2D eigenvalue weighted by Gasteiger charge is -2.41. The maximum Gasteiger partial charge on any atom is 0.220 e. The van der Waals surface area contributed by atoms with Crippen LogP contribution < -0.4 is 10.6 Å². The minimum absolute atomic E-state index is 0.0220. The topological polar surface area (TPSA) is 58.2 Å². The van der Waals surface area contributed by atoms with E-state index in [1.165, 1.54) is 0 Å². The fourth-order valence-corrected chi connectivity index (χ4v) is 4.34. The Hall–Kier alpha value is -2.04. The number of hydrogen-bond donors (Lipinski definition) is 2. The van der Waals surface area contributed by atoms with Crippen molar-refractivity contribution in [2.45, 2.75) is 32.2 Å². The van der Waals surface area contributed by atoms with Crippen LogP contribution in [0.3, 0.4) is 0 Å². The van der Waals surface area contributed by atoms with E-state index >= 15 is 0 Å². The molecule has 1 aliphatic heterocycles. The van der Waals surface area contributed by atoms with Crippen molar-refractivity contribution in [3.05, 3.63) is 63.6 Å². The Balaban J connectivity index is 2.16. The summed E-state index contributed by atoms with van der Waals surface area (Å²) >= 11 is 12.4. The molecule has 2 aromatic rings. The zero-order chi connectivity index (χ0) is 19.6. The number of piperidine rings is 1. The summed E-state index contributed by atoms with van der Waals surface area (Å²) in [6, 6.07) is 12.8. The number of carbonyl (C=O) groups excluding carboxylic acids is 2. The molecule has 2 amide bonds. The fraction of sp³-hybridized carbons (Fsp3) is 0.333. The Labute approximate surface area is 169 Å². The molecule has 3 rings (SSSR count). The van der Waals surface area contributed by atoms with Crippen LogP contribution in [0.2, 0.25) is 10.0 Å². The van der Waals surface area contributed by atoms with E-state index in [9.17, 15) is 9.59 Å². The molecule has 4 nitrogen and oxygen atoms in total. The van der Waals surface area contributed by atoms with Gasteiger partial charge in [-0.2, -0.15) is 0 Å². The van der Waals surface area contributed by atoms with E-state index in [0.717, 1.165) is 11.1 Å². The Bertz CT molecular complexity index is 854. The van der Waals surface area contributed by atoms with E-state index in [1.54, 1.807) is 6.07 Å². The SMILES string of the molecule is CC(C)[C@H]1CC(=O)N[C@@H](c2cccc(Cl)c2)[C@H]1c1ccc(Cl)cc1NC=O. The predicted molar refractivity (Wildman–Crippen MR) is 109 cm³/mol. The molecule has 0 saturated carbocycles. The summed E-state index contributed by atoms with van der Waals surface area (Å²) < 4.78 is 0. The largest absolute Gasteiger partial charge is 0.349 e. The quantitative estimate of drug-likeness (QED) is 0.674. The molecule has 6 heteroatoms. The van der Waals surface area contributed by atoms with Gasteiger partial charge in [-0.25, -0.2) is 0 Å². The molecule has 3 atom stereocenters. The minimum atomic E-state index is -0.245. The number of halogens is 2. The molecule has 1 aliphatic rings. The lowest BCUT2D eigenvalue weighted by atomic mass is 9.69. The van der Waals surface area contributed by atoms with Crippen LogP contribution in [0.4, 0.5) is 5.69 Å². The van der Waals surface area contributed by atoms with Gasteiger partial charge in [-0.3, -0.25) is 9.59 Å². The number of carbonyl (C=O) groups is 2. The highest BCUT2D eigenvalue weighted by Gasteiger charge is 2.41. The number of rotatable bonds is 5. The molecule has 0 aromatic heterocycles. The first kappa shape index (κ1) is 19.7. The van der Waals surface area contributed by atoms with Crippen LogP contribution >= 0.6 is 23.2 Å². The third-order valence-electron chi connectivity index (χ3n) is 5.21. The maximum atomic E-state index is 12.5. The molecule has 1 heterocycles. The Morgan fingerprint density at radius 2 is 1.89 bits per heavy atom. The Morgan fingerprint density at radius 1 is 1.15 bits per heavy atom. The zero-order valence-corrected chi connectivity index (χ0v) is 16.7. The highest BCUT2D eigenvalue weighted by molar-refractivity contribution is 6.31. The van der Waals surface area contributed by atoms with Gasteiger partial charge in [0.2, 0.25) is 12.3 Å². The van der Waals surface area contributed by atoms with Gasteiger partial charge < -0.3 is 10.6 Å². The molecule has 0 unspecified atom stereocenters. The van der Waals surface area contributed by atoms with E-state index in [1.807, 2.05) is 36.4 Å². The molecule has 27 heavy (non-hydrogen) atoms. The molecule has 142 valence electrons. The van der Waals surface area contributed by atoms with Gasteiger partial charge in [-0.15, -0.1) is 0 Å². The molecular weight excluding hydrogens is 383 g/mol. The molecule has 2 aromatic carbocycles. The first-order valence-corrected chi connectivity index (χ1v) is 9.70. The van der Waals surface area contributed by atoms with Crippen molar-refractivity contribution in [3.63, 3.8) is 0 Å². The van der Waals surface area contributed by atoms with E-state index in [2.05, 4.69) is 24.5 Å². The fourth-order valence-electron chi connectivity index (χ4n) is 3.97. The van der Waals surface area contributed by atoms with Crippen molar-refractivity contribution in [1.29, 1.82) is 0 Å². The minimum Gasteiger partial charge on any atom is -0.349 e. The first-order valence-electron chi connectivity index (χ1n) is 8.95. The van der Waals surface area contributed by atoms with Crippen molar-refractivity contribution in [2.24, 2.45) is 11.8 Å². The van der Waals surface area contributed by atoms with Crippen LogP contribution in [0.15, 0.2) is 42.5 Å². The summed E-state index contributed by atoms with van der Waals surface area (Å²) in [4.78, 5) is 23.6. The standard InChI is InChI=1S/C21H22Cl2N2O2/c1-12(2)17-10-19(27)25-21(13-4-3-5-14(22)8-13)20(17)16-7-6-15(23)9-18(16)24-11-26/h3-9,11-12,17,20-21H,10H2,1-2H3,(H,24,26)(H,25,27)/t17-,20+,21+/m1/s1. The van der Waals surface area contributed by atoms with Gasteiger partial charge in [0.1, 0.15) is 0 Å². The van der Waals surface area contributed by atoms with Crippen molar-refractivity contribution in [3.8, 4) is 0 Å². The average molecular weight is 405 g/mol. The molecular formula is C21H22Cl2N2O2. The van der Waals surface area contributed by atoms with Crippen LogP contribution in [0.5, 0.6) is 0 Å². The normalized spacial score (nSPS) is 22.4. The van der Waals surface area contributed by atoms with Gasteiger partial charge in [-0.1, -0.05) is 55.2 Å². The lowest BCUT2D eigenvalue weighted by Crippen LogP contribution is -2.44. The maximum absolute atomic E-state index is 12.5. The van der Waals surface area contributed by atoms with E-state index in [-0.39, 0.29) is 29.7 Å². The monoisotopic (exact) mass is 404 g/mol. The van der Waals surface area contributed by atoms with Gasteiger partial charge in [-0.05, 0) is 47.2 Å². The van der Waals surface area contributed by atoms with Gasteiger partial charge in [0, 0.05) is 28.1 Å². The molecule has 2 N–H and O–H groups in total. The summed E-state index contributed by atoms with van der Waals surface area (Å²) in [5, 5.41) is 7.06. The number of anilines is 1. The van der Waals surface area contributed by atoms with E-state index < -0.39 is 0 Å². The Kier molecular flexibility index (Phi) is 6.08. The average Bonchev–Trinajstić information content (AvgIpc) is 2.62. The lowest BCUT2D eigenvalue weighted by molar-refractivity contribution is -0.126. The molecule has 0 radical (unpaired) electrons. The summed E-state index contributed by atoms with van der Waals surface area (Å²) in [6.07, 6.45) is 1.08. The van der Waals surface area contributed by atoms with E-state index in [0.29, 0.717) is 28.6 Å². The van der Waals surface area contributed by atoms with Gasteiger partial charge in [0.15, 0.2) is 0 Å². The van der Waals surface area contributed by atoms with Gasteiger partial charge in [0.25, 0.3) is 0 Å². The third-order valence-corrected chi connectivity index (χ3v) is 5.68. The molecule has 0 aliphatic carbocycles. The predicted octanol–water partition coefficient (Wildman–Crippen LogP) is 5.18.